The molecule has 2 nitrogen and oxygen atoms in total. The molecule has 2 unspecified atom stereocenters. The third kappa shape index (κ3) is 1.74. The Morgan fingerprint density at radius 3 is 1.93 bits per heavy atom. The van der Waals surface area contributed by atoms with Gasteiger partial charge in [0.2, 0.25) is 0 Å². The van der Waals surface area contributed by atoms with Crippen LogP contribution in [0.15, 0.2) is 24.3 Å². The maximum absolute atomic E-state index is 12.2. The Bertz CT molecular complexity index is 394. The van der Waals surface area contributed by atoms with Gasteiger partial charge in [-0.3, -0.25) is 4.79 Å². The summed E-state index contributed by atoms with van der Waals surface area (Å²) in [6.45, 7) is 0. The lowest BCUT2D eigenvalue weighted by Crippen LogP contribution is -2.04. The number of halogens is 3. The Kier molecular flexibility index (Phi) is 2.08. The smallest absolute Gasteiger partial charge is 0.384 e. The summed E-state index contributed by atoms with van der Waals surface area (Å²) in [5, 5.41) is 9.01. The third-order valence-corrected chi connectivity index (χ3v) is 2.40. The molecule has 0 heterocycles. The number of aliphatic hydroxyl groups is 1. The largest absolute Gasteiger partial charge is 0.416 e. The van der Waals surface area contributed by atoms with E-state index in [4.69, 9.17) is 5.11 Å². The van der Waals surface area contributed by atoms with Crippen molar-refractivity contribution in [2.24, 2.45) is 0 Å². The van der Waals surface area contributed by atoms with E-state index in [9.17, 15) is 18.0 Å². The minimum atomic E-state index is -4.37. The van der Waals surface area contributed by atoms with Crippen LogP contribution < -0.4 is 0 Å². The first-order valence-corrected chi connectivity index (χ1v) is 4.30. The van der Waals surface area contributed by atoms with E-state index >= 15 is 0 Å². The number of hydrogen-bond donors (Lipinski definition) is 1. The van der Waals surface area contributed by atoms with E-state index in [2.05, 4.69) is 0 Å². The Morgan fingerprint density at radius 2 is 1.60 bits per heavy atom. The molecule has 1 fully saturated rings. The van der Waals surface area contributed by atoms with Crippen LogP contribution in [0.1, 0.15) is 17.0 Å². The van der Waals surface area contributed by atoms with Crippen LogP contribution in [0.5, 0.6) is 0 Å². The molecule has 5 heteroatoms. The lowest BCUT2D eigenvalue weighted by Gasteiger charge is -2.06. The van der Waals surface area contributed by atoms with Crippen molar-refractivity contribution in [3.05, 3.63) is 35.4 Å². The molecule has 0 spiro atoms. The molecule has 0 aromatic heterocycles. The SMILES string of the molecule is O=C1C(O)C1c1ccc(C(F)(F)F)cc1. The van der Waals surface area contributed by atoms with Crippen molar-refractivity contribution < 1.29 is 23.1 Å². The van der Waals surface area contributed by atoms with Crippen LogP contribution in [0.25, 0.3) is 0 Å². The van der Waals surface area contributed by atoms with E-state index in [1.807, 2.05) is 0 Å². The van der Waals surface area contributed by atoms with Crippen LogP contribution in [-0.2, 0) is 11.0 Å². The molecule has 1 aromatic carbocycles. The highest BCUT2D eigenvalue weighted by Crippen LogP contribution is 2.37. The van der Waals surface area contributed by atoms with Gasteiger partial charge in [0.25, 0.3) is 0 Å². The molecular weight excluding hydrogens is 209 g/mol. The second-order valence-corrected chi connectivity index (χ2v) is 3.44. The van der Waals surface area contributed by atoms with Gasteiger partial charge in [0.1, 0.15) is 6.10 Å². The van der Waals surface area contributed by atoms with Gasteiger partial charge in [-0.2, -0.15) is 13.2 Å². The molecule has 1 aromatic rings. The van der Waals surface area contributed by atoms with E-state index in [-0.39, 0.29) is 5.78 Å². The van der Waals surface area contributed by atoms with Gasteiger partial charge in [-0.25, -0.2) is 0 Å². The predicted molar refractivity (Wildman–Crippen MR) is 45.2 cm³/mol. The van der Waals surface area contributed by atoms with E-state index < -0.39 is 23.8 Å². The minimum absolute atomic E-state index is 0.338. The van der Waals surface area contributed by atoms with Crippen molar-refractivity contribution in [2.75, 3.05) is 0 Å². The number of Topliss-reactive ketones (excluding diaryl/α,β-unsaturated/α-hetero) is 1. The van der Waals surface area contributed by atoms with Crippen molar-refractivity contribution in [1.29, 1.82) is 0 Å². The summed E-state index contributed by atoms with van der Waals surface area (Å²) in [4.78, 5) is 10.8. The van der Waals surface area contributed by atoms with E-state index in [0.29, 0.717) is 5.56 Å². The fraction of sp³-hybridized carbons (Fsp3) is 0.300. The molecule has 0 amide bonds. The minimum Gasteiger partial charge on any atom is -0.384 e. The summed E-state index contributed by atoms with van der Waals surface area (Å²) >= 11 is 0. The number of ketones is 1. The standard InChI is InChI=1S/C10H7F3O2/c11-10(12,13)6-3-1-5(2-4-6)7-8(14)9(7)15/h1-4,7-8,14H. The van der Waals surface area contributed by atoms with Gasteiger partial charge in [0.15, 0.2) is 5.78 Å². The number of hydrogen-bond acceptors (Lipinski definition) is 2. The number of alkyl halides is 3. The highest BCUT2D eigenvalue weighted by Gasteiger charge is 2.49. The molecule has 0 saturated heterocycles. The molecular formula is C10H7F3O2. The fourth-order valence-corrected chi connectivity index (χ4v) is 1.45. The Hall–Kier alpha value is -1.36. The molecule has 0 bridgehead atoms. The second kappa shape index (κ2) is 3.06. The van der Waals surface area contributed by atoms with Gasteiger partial charge < -0.3 is 5.11 Å². The third-order valence-electron chi connectivity index (χ3n) is 2.40. The number of carbonyl (C=O) groups excluding carboxylic acids is 1. The molecule has 15 heavy (non-hydrogen) atoms. The first kappa shape index (κ1) is 10.2. The summed E-state index contributed by atoms with van der Waals surface area (Å²) in [6.07, 6.45) is -5.41. The van der Waals surface area contributed by atoms with Gasteiger partial charge in [-0.15, -0.1) is 0 Å². The van der Waals surface area contributed by atoms with E-state index in [0.717, 1.165) is 12.1 Å². The molecule has 0 radical (unpaired) electrons. The molecule has 2 atom stereocenters. The van der Waals surface area contributed by atoms with Crippen LogP contribution in [0, 0.1) is 0 Å². The lowest BCUT2D eigenvalue weighted by atomic mass is 10.1. The zero-order valence-corrected chi connectivity index (χ0v) is 7.45. The van der Waals surface area contributed by atoms with Crippen LogP contribution in [0.4, 0.5) is 13.2 Å². The van der Waals surface area contributed by atoms with Gasteiger partial charge in [0, 0.05) is 0 Å². The van der Waals surface area contributed by atoms with Crippen molar-refractivity contribution in [2.45, 2.75) is 18.2 Å². The molecule has 1 N–H and O–H groups in total. The lowest BCUT2D eigenvalue weighted by molar-refractivity contribution is -0.137. The van der Waals surface area contributed by atoms with Crippen molar-refractivity contribution in [1.82, 2.24) is 0 Å². The maximum Gasteiger partial charge on any atom is 0.416 e. The van der Waals surface area contributed by atoms with Crippen molar-refractivity contribution in [3.8, 4) is 0 Å². The number of carbonyl (C=O) groups is 1. The number of aliphatic hydroxyl groups excluding tert-OH is 1. The molecule has 0 aliphatic heterocycles. The Labute approximate surface area is 83.3 Å². The topological polar surface area (TPSA) is 37.3 Å². The summed E-state index contributed by atoms with van der Waals surface area (Å²) in [5.74, 6) is -0.970. The molecule has 2 rings (SSSR count). The average Bonchev–Trinajstić information content (AvgIpc) is 2.74. The van der Waals surface area contributed by atoms with Crippen molar-refractivity contribution >= 4 is 5.78 Å². The monoisotopic (exact) mass is 216 g/mol. The molecule has 1 aliphatic rings. The summed E-state index contributed by atoms with van der Waals surface area (Å²) < 4.78 is 36.5. The zero-order valence-electron chi connectivity index (χ0n) is 7.45. The number of benzene rings is 1. The van der Waals surface area contributed by atoms with E-state index in [1.54, 1.807) is 0 Å². The normalized spacial score (nSPS) is 25.5. The highest BCUT2D eigenvalue weighted by atomic mass is 19.4. The molecule has 1 saturated carbocycles. The first-order valence-electron chi connectivity index (χ1n) is 4.30. The number of rotatable bonds is 1. The van der Waals surface area contributed by atoms with Crippen LogP contribution in [0.3, 0.4) is 0 Å². The van der Waals surface area contributed by atoms with Crippen LogP contribution in [0.2, 0.25) is 0 Å². The summed E-state index contributed by atoms with van der Waals surface area (Å²) in [7, 11) is 0. The van der Waals surface area contributed by atoms with Gasteiger partial charge in [0.05, 0.1) is 11.5 Å². The average molecular weight is 216 g/mol. The highest BCUT2D eigenvalue weighted by molar-refractivity contribution is 6.06. The van der Waals surface area contributed by atoms with Gasteiger partial charge >= 0.3 is 6.18 Å². The second-order valence-electron chi connectivity index (χ2n) is 3.44. The summed E-state index contributed by atoms with van der Waals surface area (Å²) in [6, 6.07) is 4.27. The summed E-state index contributed by atoms with van der Waals surface area (Å²) in [5.41, 5.74) is -0.325. The first-order chi connectivity index (χ1) is 6.91. The molecule has 1 aliphatic carbocycles. The Morgan fingerprint density at radius 1 is 1.13 bits per heavy atom. The predicted octanol–water partition coefficient (Wildman–Crippen LogP) is 1.73. The maximum atomic E-state index is 12.2. The van der Waals surface area contributed by atoms with E-state index in [1.165, 1.54) is 12.1 Å². The quantitative estimate of drug-likeness (QED) is 0.776. The van der Waals surface area contributed by atoms with Crippen LogP contribution >= 0.6 is 0 Å². The van der Waals surface area contributed by atoms with Crippen molar-refractivity contribution in [3.63, 3.8) is 0 Å². The zero-order chi connectivity index (χ0) is 11.2. The van der Waals surface area contributed by atoms with Crippen LogP contribution in [-0.4, -0.2) is 17.0 Å². The fourth-order valence-electron chi connectivity index (χ4n) is 1.45. The Balaban J connectivity index is 2.22. The molecule has 80 valence electrons. The van der Waals surface area contributed by atoms with Gasteiger partial charge in [-0.05, 0) is 17.7 Å². The van der Waals surface area contributed by atoms with Gasteiger partial charge in [-0.1, -0.05) is 12.1 Å².